The van der Waals surface area contributed by atoms with E-state index in [0.29, 0.717) is 67.3 Å². The fraction of sp³-hybridized carbons (Fsp3) is 0.133. The van der Waals surface area contributed by atoms with Crippen LogP contribution in [0.4, 0.5) is 0 Å². The van der Waals surface area contributed by atoms with Crippen LogP contribution in [-0.2, 0) is 0 Å². The highest BCUT2D eigenvalue weighted by Gasteiger charge is 2.22. The Morgan fingerprint density at radius 1 is 0.250 bits per heavy atom. The molecule has 12 heteroatoms. The minimum atomic E-state index is -0.277. The van der Waals surface area contributed by atoms with E-state index in [2.05, 4.69) is 41.2 Å². The summed E-state index contributed by atoms with van der Waals surface area (Å²) in [5.41, 5.74) is 14.8. The van der Waals surface area contributed by atoms with Crippen molar-refractivity contribution >= 4 is 46.4 Å². The first-order chi connectivity index (χ1) is 34.6. The maximum absolute atomic E-state index is 13.4. The molecule has 8 rings (SSSR count). The van der Waals surface area contributed by atoms with Gasteiger partial charge in [-0.05, 0) is 152 Å². The first-order valence-corrected chi connectivity index (χ1v) is 23.3. The molecule has 72 heavy (non-hydrogen) atoms. The largest absolute Gasteiger partial charge is 0.320 e. The third kappa shape index (κ3) is 13.5. The van der Waals surface area contributed by atoms with Crippen LogP contribution in [-0.4, -0.2) is 43.6 Å². The number of hydrogen-bond acceptors (Lipinski definition) is 8. The van der Waals surface area contributed by atoms with Gasteiger partial charge in [0.15, 0.2) is 0 Å². The zero-order chi connectivity index (χ0) is 51.3. The van der Waals surface area contributed by atoms with Crippen molar-refractivity contribution in [2.75, 3.05) is 0 Å². The first kappa shape index (κ1) is 50.7. The molecule has 4 amide bonds. The van der Waals surface area contributed by atoms with Gasteiger partial charge in [0.2, 0.25) is 0 Å². The standard InChI is InChI=1S/2C30H28N4O2/c2*1-19-13-20(2)16-25(15-19)29(35)33-27(23-5-9-31-10-6-23)28(24-7-11-32-12-8-24)34-30(36)26-17-21(3)14-22(4)18-26/h2*5-18H,1-4H3,(H,33,35)(H,34,36)/b28-27+;28-27-. The molecule has 4 heterocycles. The van der Waals surface area contributed by atoms with Gasteiger partial charge < -0.3 is 21.3 Å². The van der Waals surface area contributed by atoms with Gasteiger partial charge in [-0.3, -0.25) is 39.1 Å². The third-order valence-corrected chi connectivity index (χ3v) is 11.3. The van der Waals surface area contributed by atoms with E-state index in [1.54, 1.807) is 98.1 Å². The molecule has 0 spiro atoms. The minimum absolute atomic E-state index is 0.277. The Morgan fingerprint density at radius 3 is 0.556 bits per heavy atom. The topological polar surface area (TPSA) is 168 Å². The van der Waals surface area contributed by atoms with Crippen LogP contribution in [0, 0.1) is 55.4 Å². The lowest BCUT2D eigenvalue weighted by atomic mass is 10.0. The molecule has 360 valence electrons. The molecule has 4 N–H and O–H groups in total. The van der Waals surface area contributed by atoms with Gasteiger partial charge in [0.05, 0.1) is 22.8 Å². The van der Waals surface area contributed by atoms with Crippen molar-refractivity contribution in [3.05, 3.63) is 260 Å². The smallest absolute Gasteiger partial charge is 0.255 e. The fourth-order valence-electron chi connectivity index (χ4n) is 8.36. The lowest BCUT2D eigenvalue weighted by Gasteiger charge is -2.19. The van der Waals surface area contributed by atoms with E-state index in [1.807, 2.05) is 128 Å². The molecule has 4 aromatic carbocycles. The summed E-state index contributed by atoms with van der Waals surface area (Å²) in [6.45, 7) is 15.6. The van der Waals surface area contributed by atoms with Gasteiger partial charge in [0.1, 0.15) is 0 Å². The Hall–Kier alpha value is -9.16. The van der Waals surface area contributed by atoms with Crippen LogP contribution in [0.1, 0.15) is 108 Å². The maximum atomic E-state index is 13.4. The lowest BCUT2D eigenvalue weighted by molar-refractivity contribution is 0.0961. The molecule has 0 saturated carbocycles. The van der Waals surface area contributed by atoms with Crippen LogP contribution in [0.15, 0.2) is 171 Å². The van der Waals surface area contributed by atoms with E-state index in [4.69, 9.17) is 0 Å². The van der Waals surface area contributed by atoms with Gasteiger partial charge in [0.25, 0.3) is 23.6 Å². The third-order valence-electron chi connectivity index (χ3n) is 11.3. The van der Waals surface area contributed by atoms with Crippen molar-refractivity contribution in [2.24, 2.45) is 0 Å². The molecule has 0 radical (unpaired) electrons. The highest BCUT2D eigenvalue weighted by atomic mass is 16.2. The molecular formula is C60H56N8O4. The average Bonchev–Trinajstić information content (AvgIpc) is 3.36. The van der Waals surface area contributed by atoms with Crippen molar-refractivity contribution in [2.45, 2.75) is 55.4 Å². The van der Waals surface area contributed by atoms with Crippen LogP contribution in [0.3, 0.4) is 0 Å². The number of aryl methyl sites for hydroxylation is 8. The molecule has 8 aromatic rings. The molecule has 0 unspecified atom stereocenters. The molecule has 0 saturated heterocycles. The average molecular weight is 953 g/mol. The normalized spacial score (nSPS) is 11.4. The van der Waals surface area contributed by atoms with E-state index in [-0.39, 0.29) is 23.6 Å². The monoisotopic (exact) mass is 952 g/mol. The van der Waals surface area contributed by atoms with Gasteiger partial charge in [0, 0.05) is 94.1 Å². The second kappa shape index (κ2) is 23.4. The molecule has 0 bridgehead atoms. The molecule has 4 aromatic heterocycles. The highest BCUT2D eigenvalue weighted by molar-refractivity contribution is 6.10. The molecule has 0 fully saturated rings. The minimum Gasteiger partial charge on any atom is -0.320 e. The zero-order valence-electron chi connectivity index (χ0n) is 41.6. The summed E-state index contributed by atoms with van der Waals surface area (Å²) >= 11 is 0. The number of amides is 4. The van der Waals surface area contributed by atoms with Gasteiger partial charge in [-0.2, -0.15) is 0 Å². The number of nitrogens with zero attached hydrogens (tertiary/aromatic N) is 4. The second-order valence-corrected chi connectivity index (χ2v) is 17.8. The predicted octanol–water partition coefficient (Wildman–Crippen LogP) is 10.8. The van der Waals surface area contributed by atoms with Gasteiger partial charge in [-0.1, -0.05) is 68.8 Å². The summed E-state index contributed by atoms with van der Waals surface area (Å²) < 4.78 is 0. The van der Waals surface area contributed by atoms with Gasteiger partial charge >= 0.3 is 0 Å². The Bertz CT molecular complexity index is 2810. The number of nitrogens with one attached hydrogen (secondary N) is 4. The van der Waals surface area contributed by atoms with E-state index < -0.39 is 0 Å². The summed E-state index contributed by atoms with van der Waals surface area (Å²) in [4.78, 5) is 70.2. The number of benzene rings is 4. The SMILES string of the molecule is Cc1cc(C)cc(C(=O)N/C(=C(/NC(=O)c2cc(C)cc(C)c2)c2ccncc2)c2ccncc2)c1.Cc1cc(C)cc(C(=O)N/C(=C(\NC(=O)c2cc(C)cc(C)c2)c2ccncc2)c2ccncc2)c1. The molecule has 0 aliphatic heterocycles. The Labute approximate surface area is 420 Å². The van der Waals surface area contributed by atoms with Crippen molar-refractivity contribution in [3.8, 4) is 0 Å². The van der Waals surface area contributed by atoms with Crippen LogP contribution in [0.5, 0.6) is 0 Å². The molecule has 0 aliphatic rings. The maximum Gasteiger partial charge on any atom is 0.255 e. The Kier molecular flexibility index (Phi) is 16.5. The van der Waals surface area contributed by atoms with E-state index in [0.717, 1.165) is 44.5 Å². The van der Waals surface area contributed by atoms with E-state index >= 15 is 0 Å². The van der Waals surface area contributed by atoms with E-state index in [9.17, 15) is 19.2 Å². The van der Waals surface area contributed by atoms with E-state index in [1.165, 1.54) is 0 Å². The summed E-state index contributed by atoms with van der Waals surface area (Å²) in [6, 6.07) is 37.1. The van der Waals surface area contributed by atoms with Crippen LogP contribution < -0.4 is 21.3 Å². The quantitative estimate of drug-likeness (QED) is 0.0938. The van der Waals surface area contributed by atoms with Gasteiger partial charge in [-0.15, -0.1) is 0 Å². The first-order valence-electron chi connectivity index (χ1n) is 23.3. The highest BCUT2D eigenvalue weighted by Crippen LogP contribution is 2.26. The number of carbonyl (C=O) groups is 4. The van der Waals surface area contributed by atoms with Crippen LogP contribution >= 0.6 is 0 Å². The fourth-order valence-corrected chi connectivity index (χ4v) is 8.36. The number of aromatic nitrogens is 4. The van der Waals surface area contributed by atoms with Crippen LogP contribution in [0.2, 0.25) is 0 Å². The number of rotatable bonds is 12. The Morgan fingerprint density at radius 2 is 0.403 bits per heavy atom. The van der Waals surface area contributed by atoms with Crippen LogP contribution in [0.25, 0.3) is 22.8 Å². The summed E-state index contributed by atoms with van der Waals surface area (Å²) in [5, 5.41) is 12.2. The molecule has 0 atom stereocenters. The molecular weight excluding hydrogens is 897 g/mol. The second-order valence-electron chi connectivity index (χ2n) is 17.8. The Balaban J connectivity index is 0.000000211. The number of pyridine rings is 4. The summed E-state index contributed by atoms with van der Waals surface area (Å²) in [7, 11) is 0. The van der Waals surface area contributed by atoms with Crippen molar-refractivity contribution in [1.29, 1.82) is 0 Å². The molecule has 12 nitrogen and oxygen atoms in total. The zero-order valence-corrected chi connectivity index (χ0v) is 41.6. The van der Waals surface area contributed by atoms with Crippen molar-refractivity contribution in [3.63, 3.8) is 0 Å². The van der Waals surface area contributed by atoms with Gasteiger partial charge in [-0.25, -0.2) is 0 Å². The summed E-state index contributed by atoms with van der Waals surface area (Å²) in [6.07, 6.45) is 13.2. The number of hydrogen-bond donors (Lipinski definition) is 4. The molecule has 0 aliphatic carbocycles. The lowest BCUT2D eigenvalue weighted by Crippen LogP contribution is -2.29. The number of carbonyl (C=O) groups excluding carboxylic acids is 4. The summed E-state index contributed by atoms with van der Waals surface area (Å²) in [5.74, 6) is -1.11. The van der Waals surface area contributed by atoms with Crippen molar-refractivity contribution < 1.29 is 19.2 Å². The van der Waals surface area contributed by atoms with Crippen molar-refractivity contribution in [1.82, 2.24) is 41.2 Å². The predicted molar refractivity (Wildman–Crippen MR) is 284 cm³/mol.